The van der Waals surface area contributed by atoms with Crippen molar-refractivity contribution in [1.29, 1.82) is 0 Å². The number of para-hydroxylation sites is 1. The molecular formula is C23H17F4N5O2. The Balaban J connectivity index is 1.63. The molecule has 1 aliphatic heterocycles. The fraction of sp³-hybridized carbons (Fsp3) is 0.217. The van der Waals surface area contributed by atoms with Gasteiger partial charge in [-0.05, 0) is 18.2 Å². The largest absolute Gasteiger partial charge is 0.421 e. The van der Waals surface area contributed by atoms with E-state index < -0.39 is 23.5 Å². The Morgan fingerprint density at radius 2 is 1.82 bits per heavy atom. The average molecular weight is 471 g/mol. The number of likely N-dealkylation sites (tertiary alicyclic amines) is 1. The van der Waals surface area contributed by atoms with Crippen molar-refractivity contribution in [1.82, 2.24) is 24.9 Å². The number of fused-ring (bicyclic) bond motifs is 1. The van der Waals surface area contributed by atoms with Gasteiger partial charge in [0.25, 0.3) is 5.91 Å². The van der Waals surface area contributed by atoms with Crippen LogP contribution in [0.5, 0.6) is 0 Å². The van der Waals surface area contributed by atoms with Gasteiger partial charge in [0.2, 0.25) is 11.8 Å². The third-order valence-corrected chi connectivity index (χ3v) is 5.70. The molecule has 3 heterocycles. The van der Waals surface area contributed by atoms with Crippen molar-refractivity contribution in [3.8, 4) is 22.7 Å². The number of hydrogen-bond acceptors (Lipinski definition) is 5. The number of halogens is 4. The number of nitrogens with zero attached hydrogens (tertiary/aromatic N) is 5. The van der Waals surface area contributed by atoms with Crippen molar-refractivity contribution in [2.24, 2.45) is 0 Å². The van der Waals surface area contributed by atoms with Crippen LogP contribution in [0, 0.1) is 6.92 Å². The van der Waals surface area contributed by atoms with Gasteiger partial charge in [-0.15, -0.1) is 10.2 Å². The maximum atomic E-state index is 13.3. The molecule has 0 saturated carbocycles. The number of hydrogen-bond donors (Lipinski definition) is 0. The van der Waals surface area contributed by atoms with Crippen molar-refractivity contribution in [3.05, 3.63) is 66.3 Å². The maximum Gasteiger partial charge on any atom is 0.416 e. The van der Waals surface area contributed by atoms with E-state index in [1.165, 1.54) is 17.0 Å². The molecule has 2 aromatic carbocycles. The molecule has 0 N–H and O–H groups in total. The summed E-state index contributed by atoms with van der Waals surface area (Å²) in [5.41, 5.74) is 1.39. The number of aromatic nitrogens is 4. The lowest BCUT2D eigenvalue weighted by molar-refractivity contribution is -0.137. The maximum absolute atomic E-state index is 13.3. The first-order valence-electron chi connectivity index (χ1n) is 10.3. The monoisotopic (exact) mass is 471 g/mol. The van der Waals surface area contributed by atoms with Crippen LogP contribution in [-0.4, -0.2) is 43.9 Å². The third kappa shape index (κ3) is 3.62. The van der Waals surface area contributed by atoms with Gasteiger partial charge < -0.3 is 9.32 Å². The molecular weight excluding hydrogens is 454 g/mol. The molecule has 4 aromatic rings. The minimum atomic E-state index is -4.45. The zero-order chi connectivity index (χ0) is 24.2. The molecule has 0 unspecified atom stereocenters. The Morgan fingerprint density at radius 3 is 2.41 bits per heavy atom. The first kappa shape index (κ1) is 21.8. The summed E-state index contributed by atoms with van der Waals surface area (Å²) < 4.78 is 59.6. The normalized spacial score (nSPS) is 14.4. The standard InChI is InChI=1S/C23H17F4N5O2/c1-12(24)22(33)31-10-16(11-31)32-20-17(4-3-5-18(20)21-29-28-13(2)34-21)19(30-32)14-6-8-15(9-7-14)23(25,26)27/h3-9,16H,1,10-11H2,2H3. The van der Waals surface area contributed by atoms with Gasteiger partial charge in [-0.2, -0.15) is 18.3 Å². The molecule has 0 bridgehead atoms. The second-order valence-electron chi connectivity index (χ2n) is 7.97. The summed E-state index contributed by atoms with van der Waals surface area (Å²) in [6.07, 6.45) is -4.45. The van der Waals surface area contributed by atoms with Crippen LogP contribution in [0.4, 0.5) is 17.6 Å². The predicted octanol–water partition coefficient (Wildman–Crippen LogP) is 4.95. The van der Waals surface area contributed by atoms with Gasteiger partial charge in [-0.3, -0.25) is 9.48 Å². The van der Waals surface area contributed by atoms with Crippen molar-refractivity contribution in [3.63, 3.8) is 0 Å². The van der Waals surface area contributed by atoms with Gasteiger partial charge in [-0.1, -0.05) is 30.8 Å². The van der Waals surface area contributed by atoms with Gasteiger partial charge in [0.05, 0.1) is 22.7 Å². The number of amides is 1. The molecule has 0 aliphatic carbocycles. The first-order valence-corrected chi connectivity index (χ1v) is 10.3. The average Bonchev–Trinajstić information content (AvgIpc) is 3.36. The van der Waals surface area contributed by atoms with Gasteiger partial charge in [0.1, 0.15) is 5.69 Å². The predicted molar refractivity (Wildman–Crippen MR) is 114 cm³/mol. The Kier molecular flexibility index (Phi) is 4.99. The van der Waals surface area contributed by atoms with Crippen LogP contribution in [0.1, 0.15) is 17.5 Å². The molecule has 0 radical (unpaired) electrons. The van der Waals surface area contributed by atoms with Gasteiger partial charge >= 0.3 is 6.18 Å². The number of alkyl halides is 3. The number of rotatable bonds is 4. The first-order chi connectivity index (χ1) is 16.1. The molecule has 34 heavy (non-hydrogen) atoms. The Hall–Kier alpha value is -4.02. The number of aryl methyl sites for hydroxylation is 1. The van der Waals surface area contributed by atoms with E-state index in [0.717, 1.165) is 12.1 Å². The molecule has 1 amide bonds. The van der Waals surface area contributed by atoms with E-state index >= 15 is 0 Å². The van der Waals surface area contributed by atoms with Crippen LogP contribution >= 0.6 is 0 Å². The minimum Gasteiger partial charge on any atom is -0.421 e. The lowest BCUT2D eigenvalue weighted by atomic mass is 10.0. The molecule has 2 aromatic heterocycles. The summed E-state index contributed by atoms with van der Waals surface area (Å²) in [5.74, 6) is -1.21. The SMILES string of the molecule is C=C(F)C(=O)N1CC(n2nc(-c3ccc(C(F)(F)F)cc3)c3cccc(-c4nnc(C)o4)c32)C1. The van der Waals surface area contributed by atoms with Gasteiger partial charge in [0.15, 0.2) is 5.83 Å². The minimum absolute atomic E-state index is 0.197. The Morgan fingerprint density at radius 1 is 1.12 bits per heavy atom. The molecule has 0 spiro atoms. The molecule has 1 saturated heterocycles. The molecule has 1 fully saturated rings. The molecule has 0 atom stereocenters. The van der Waals surface area contributed by atoms with Crippen molar-refractivity contribution >= 4 is 16.8 Å². The number of carbonyl (C=O) groups is 1. The van der Waals surface area contributed by atoms with Gasteiger partial charge in [-0.25, -0.2) is 4.39 Å². The molecule has 1 aliphatic rings. The van der Waals surface area contributed by atoms with Crippen molar-refractivity contribution in [2.75, 3.05) is 13.1 Å². The van der Waals surface area contributed by atoms with E-state index in [9.17, 15) is 22.4 Å². The van der Waals surface area contributed by atoms with Crippen molar-refractivity contribution < 1.29 is 26.8 Å². The molecule has 174 valence electrons. The highest BCUT2D eigenvalue weighted by Crippen LogP contribution is 2.38. The van der Waals surface area contributed by atoms with Crippen molar-refractivity contribution in [2.45, 2.75) is 19.1 Å². The fourth-order valence-corrected chi connectivity index (χ4v) is 4.01. The van der Waals surface area contributed by atoms with E-state index in [4.69, 9.17) is 9.52 Å². The zero-order valence-electron chi connectivity index (χ0n) is 17.8. The quantitative estimate of drug-likeness (QED) is 0.311. The molecule has 5 rings (SSSR count). The van der Waals surface area contributed by atoms with E-state index in [-0.39, 0.29) is 25.0 Å². The molecule has 7 nitrogen and oxygen atoms in total. The van der Waals surface area contributed by atoms with Crippen LogP contribution in [0.2, 0.25) is 0 Å². The lowest BCUT2D eigenvalue weighted by Crippen LogP contribution is -2.51. The summed E-state index contributed by atoms with van der Waals surface area (Å²) in [6, 6.07) is 9.77. The van der Waals surface area contributed by atoms with Crippen LogP contribution in [0.25, 0.3) is 33.6 Å². The van der Waals surface area contributed by atoms with E-state index in [2.05, 4.69) is 16.8 Å². The van der Waals surface area contributed by atoms with Crippen LogP contribution in [0.15, 0.2) is 59.3 Å². The van der Waals surface area contributed by atoms with E-state index in [1.54, 1.807) is 29.8 Å². The molecule has 11 heteroatoms. The fourth-order valence-electron chi connectivity index (χ4n) is 4.01. The van der Waals surface area contributed by atoms with Crippen LogP contribution in [0.3, 0.4) is 0 Å². The second kappa shape index (κ2) is 7.79. The van der Waals surface area contributed by atoms with Crippen LogP contribution < -0.4 is 0 Å². The summed E-state index contributed by atoms with van der Waals surface area (Å²) in [4.78, 5) is 13.2. The van der Waals surface area contributed by atoms with E-state index in [0.29, 0.717) is 33.6 Å². The highest BCUT2D eigenvalue weighted by molar-refractivity contribution is 6.00. The van der Waals surface area contributed by atoms with Crippen LogP contribution in [-0.2, 0) is 11.0 Å². The topological polar surface area (TPSA) is 77.1 Å². The highest BCUT2D eigenvalue weighted by Gasteiger charge is 2.36. The number of carbonyl (C=O) groups excluding carboxylic acids is 1. The van der Waals surface area contributed by atoms with Gasteiger partial charge in [0, 0.05) is 31.0 Å². The highest BCUT2D eigenvalue weighted by atomic mass is 19.4. The lowest BCUT2D eigenvalue weighted by Gasteiger charge is -2.39. The zero-order valence-corrected chi connectivity index (χ0v) is 17.8. The number of benzene rings is 2. The summed E-state index contributed by atoms with van der Waals surface area (Å²) >= 11 is 0. The smallest absolute Gasteiger partial charge is 0.416 e. The second-order valence-corrected chi connectivity index (χ2v) is 7.97. The Bertz CT molecular complexity index is 1420. The summed E-state index contributed by atoms with van der Waals surface area (Å²) in [7, 11) is 0. The van der Waals surface area contributed by atoms with E-state index in [1.807, 2.05) is 0 Å². The summed E-state index contributed by atoms with van der Waals surface area (Å²) in [6.45, 7) is 5.09. The Labute approximate surface area is 190 Å². The third-order valence-electron chi connectivity index (χ3n) is 5.70. The summed E-state index contributed by atoms with van der Waals surface area (Å²) in [5, 5.41) is 13.3.